The summed E-state index contributed by atoms with van der Waals surface area (Å²) < 4.78 is 5.39. The third kappa shape index (κ3) is 2.72. The smallest absolute Gasteiger partial charge is 0.337 e. The molecule has 0 saturated heterocycles. The number of hydrogen-bond acceptors (Lipinski definition) is 5. The number of aromatic nitrogens is 1. The molecule has 20 heavy (non-hydrogen) atoms. The molecule has 7 nitrogen and oxygen atoms in total. The van der Waals surface area contributed by atoms with Crippen molar-refractivity contribution in [2.45, 2.75) is 6.92 Å². The van der Waals surface area contributed by atoms with E-state index in [-0.39, 0.29) is 11.4 Å². The number of carboxylic acids is 1. The Balaban J connectivity index is 2.44. The van der Waals surface area contributed by atoms with Crippen molar-refractivity contribution in [3.8, 4) is 11.6 Å². The molecular weight excluding hydrogens is 264 g/mol. The second-order valence-corrected chi connectivity index (χ2v) is 3.98. The second-order valence-electron chi connectivity index (χ2n) is 3.98. The van der Waals surface area contributed by atoms with Gasteiger partial charge in [-0.2, -0.15) is 0 Å². The fourth-order valence-electron chi connectivity index (χ4n) is 1.54. The molecule has 0 atom stereocenters. The average molecular weight is 274 g/mol. The molecule has 0 aliphatic heterocycles. The molecule has 0 bridgehead atoms. The highest BCUT2D eigenvalue weighted by Crippen LogP contribution is 2.31. The highest BCUT2D eigenvalue weighted by atomic mass is 16.6. The molecule has 1 aromatic carbocycles. The lowest BCUT2D eigenvalue weighted by Crippen LogP contribution is -2.02. The van der Waals surface area contributed by atoms with Gasteiger partial charge in [-0.15, -0.1) is 0 Å². The van der Waals surface area contributed by atoms with Crippen LogP contribution in [-0.4, -0.2) is 21.0 Å². The van der Waals surface area contributed by atoms with Crippen LogP contribution in [0.5, 0.6) is 11.6 Å². The molecule has 0 aliphatic rings. The van der Waals surface area contributed by atoms with E-state index in [1.54, 1.807) is 31.2 Å². The first-order valence-electron chi connectivity index (χ1n) is 5.60. The first-order valence-corrected chi connectivity index (χ1v) is 5.60. The standard InChI is InChI=1S/C13H10N2O5/c1-8-4-2-3-5-11(8)20-12-10(15(18)19)6-9(7-14-12)13(16)17/h2-7H,1H3,(H,16,17). The van der Waals surface area contributed by atoms with E-state index >= 15 is 0 Å². The van der Waals surface area contributed by atoms with Crippen molar-refractivity contribution < 1.29 is 19.6 Å². The predicted octanol–water partition coefficient (Wildman–Crippen LogP) is 2.79. The molecule has 0 amide bonds. The van der Waals surface area contributed by atoms with Gasteiger partial charge in [0.25, 0.3) is 5.88 Å². The van der Waals surface area contributed by atoms with Crippen LogP contribution < -0.4 is 4.74 Å². The van der Waals surface area contributed by atoms with Crippen molar-refractivity contribution in [1.29, 1.82) is 0 Å². The molecule has 1 heterocycles. The van der Waals surface area contributed by atoms with E-state index < -0.39 is 16.6 Å². The number of hydrogen-bond donors (Lipinski definition) is 1. The van der Waals surface area contributed by atoms with E-state index in [1.807, 2.05) is 0 Å². The molecule has 102 valence electrons. The van der Waals surface area contributed by atoms with E-state index in [0.717, 1.165) is 17.8 Å². The van der Waals surface area contributed by atoms with Gasteiger partial charge >= 0.3 is 11.7 Å². The van der Waals surface area contributed by atoms with E-state index in [1.165, 1.54) is 0 Å². The fraction of sp³-hybridized carbons (Fsp3) is 0.0769. The third-order valence-electron chi connectivity index (χ3n) is 2.58. The fourth-order valence-corrected chi connectivity index (χ4v) is 1.54. The average Bonchev–Trinajstić information content (AvgIpc) is 2.41. The molecule has 0 spiro atoms. The maximum Gasteiger partial charge on any atom is 0.337 e. The van der Waals surface area contributed by atoms with Crippen LogP contribution in [0.2, 0.25) is 0 Å². The van der Waals surface area contributed by atoms with Crippen LogP contribution in [0.1, 0.15) is 15.9 Å². The lowest BCUT2D eigenvalue weighted by molar-refractivity contribution is -0.386. The lowest BCUT2D eigenvalue weighted by Gasteiger charge is -2.07. The summed E-state index contributed by atoms with van der Waals surface area (Å²) in [6.07, 6.45) is 1.02. The zero-order chi connectivity index (χ0) is 14.7. The van der Waals surface area contributed by atoms with E-state index in [4.69, 9.17) is 9.84 Å². The quantitative estimate of drug-likeness (QED) is 0.679. The van der Waals surface area contributed by atoms with Crippen LogP contribution in [0.4, 0.5) is 5.69 Å². The zero-order valence-electron chi connectivity index (χ0n) is 10.4. The van der Waals surface area contributed by atoms with E-state index in [2.05, 4.69) is 4.98 Å². The Morgan fingerprint density at radius 1 is 1.40 bits per heavy atom. The van der Waals surface area contributed by atoms with Crippen LogP contribution >= 0.6 is 0 Å². The van der Waals surface area contributed by atoms with Crippen molar-refractivity contribution in [2.24, 2.45) is 0 Å². The molecule has 2 rings (SSSR count). The molecule has 1 N–H and O–H groups in total. The van der Waals surface area contributed by atoms with E-state index in [0.29, 0.717) is 5.75 Å². The Hall–Kier alpha value is -2.96. The summed E-state index contributed by atoms with van der Waals surface area (Å²) >= 11 is 0. The first-order chi connectivity index (χ1) is 9.49. The summed E-state index contributed by atoms with van der Waals surface area (Å²) in [5, 5.41) is 19.8. The van der Waals surface area contributed by atoms with Gasteiger partial charge in [0.15, 0.2) is 0 Å². The first kappa shape index (κ1) is 13.5. The summed E-state index contributed by atoms with van der Waals surface area (Å²) in [5.74, 6) is -1.11. The number of rotatable bonds is 4. The Morgan fingerprint density at radius 2 is 2.10 bits per heavy atom. The number of para-hydroxylation sites is 1. The molecule has 2 aromatic rings. The number of carbonyl (C=O) groups is 1. The third-order valence-corrected chi connectivity index (χ3v) is 2.58. The van der Waals surface area contributed by atoms with Gasteiger partial charge in [0.2, 0.25) is 0 Å². The monoisotopic (exact) mass is 274 g/mol. The van der Waals surface area contributed by atoms with Gasteiger partial charge in [0, 0.05) is 12.3 Å². The van der Waals surface area contributed by atoms with Gasteiger partial charge in [0.05, 0.1) is 10.5 Å². The number of carboxylic acid groups (broad SMARTS) is 1. The summed E-state index contributed by atoms with van der Waals surface area (Å²) in [6.45, 7) is 1.78. The second kappa shape index (κ2) is 5.35. The number of ether oxygens (including phenoxy) is 1. The Morgan fingerprint density at radius 3 is 2.70 bits per heavy atom. The Labute approximate surface area is 113 Å². The molecule has 0 unspecified atom stereocenters. The molecule has 0 saturated carbocycles. The van der Waals surface area contributed by atoms with Crippen molar-refractivity contribution in [3.63, 3.8) is 0 Å². The highest BCUT2D eigenvalue weighted by Gasteiger charge is 2.21. The molecular formula is C13H10N2O5. The number of pyridine rings is 1. The van der Waals surface area contributed by atoms with Gasteiger partial charge in [0.1, 0.15) is 5.75 Å². The molecule has 0 aliphatic carbocycles. The highest BCUT2D eigenvalue weighted by molar-refractivity contribution is 5.88. The lowest BCUT2D eigenvalue weighted by atomic mass is 10.2. The molecule has 1 aromatic heterocycles. The van der Waals surface area contributed by atoms with Crippen LogP contribution in [0.3, 0.4) is 0 Å². The zero-order valence-corrected chi connectivity index (χ0v) is 10.4. The number of nitrogens with zero attached hydrogens (tertiary/aromatic N) is 2. The van der Waals surface area contributed by atoms with Gasteiger partial charge in [-0.3, -0.25) is 10.1 Å². The minimum atomic E-state index is -1.29. The number of aromatic carboxylic acids is 1. The largest absolute Gasteiger partial charge is 0.478 e. The maximum atomic E-state index is 11.0. The topological polar surface area (TPSA) is 103 Å². The van der Waals surface area contributed by atoms with Crippen LogP contribution in [0.15, 0.2) is 36.5 Å². The molecule has 7 heteroatoms. The Kier molecular flexibility index (Phi) is 3.60. The number of benzene rings is 1. The van der Waals surface area contributed by atoms with Gasteiger partial charge in [-0.05, 0) is 18.6 Å². The minimum Gasteiger partial charge on any atom is -0.478 e. The van der Waals surface area contributed by atoms with Gasteiger partial charge < -0.3 is 9.84 Å². The summed E-state index contributed by atoms with van der Waals surface area (Å²) in [5.41, 5.74) is 0.0212. The van der Waals surface area contributed by atoms with Crippen molar-refractivity contribution in [1.82, 2.24) is 4.98 Å². The van der Waals surface area contributed by atoms with Crippen molar-refractivity contribution >= 4 is 11.7 Å². The predicted molar refractivity (Wildman–Crippen MR) is 69.1 cm³/mol. The normalized spacial score (nSPS) is 10.1. The SMILES string of the molecule is Cc1ccccc1Oc1ncc(C(=O)O)cc1[N+](=O)[O-]. The molecule has 0 fully saturated rings. The minimum absolute atomic E-state index is 0.241. The van der Waals surface area contributed by atoms with Crippen LogP contribution in [-0.2, 0) is 0 Å². The summed E-state index contributed by atoms with van der Waals surface area (Å²) in [6, 6.07) is 7.87. The van der Waals surface area contributed by atoms with Crippen LogP contribution in [0.25, 0.3) is 0 Å². The van der Waals surface area contributed by atoms with Gasteiger partial charge in [-0.25, -0.2) is 9.78 Å². The molecule has 0 radical (unpaired) electrons. The summed E-state index contributed by atoms with van der Waals surface area (Å²) in [4.78, 5) is 24.7. The van der Waals surface area contributed by atoms with Crippen molar-refractivity contribution in [2.75, 3.05) is 0 Å². The number of nitro groups is 1. The van der Waals surface area contributed by atoms with Gasteiger partial charge in [-0.1, -0.05) is 18.2 Å². The van der Waals surface area contributed by atoms with Crippen molar-refractivity contribution in [3.05, 3.63) is 57.8 Å². The van der Waals surface area contributed by atoms with Crippen LogP contribution in [0, 0.1) is 17.0 Å². The number of aryl methyl sites for hydroxylation is 1. The summed E-state index contributed by atoms with van der Waals surface area (Å²) in [7, 11) is 0. The van der Waals surface area contributed by atoms with E-state index in [9.17, 15) is 14.9 Å². The maximum absolute atomic E-state index is 11.0. The Bertz CT molecular complexity index is 684.